The van der Waals surface area contributed by atoms with Crippen LogP contribution in [0.4, 0.5) is 0 Å². The monoisotopic (exact) mass is 482 g/mol. The zero-order valence-electron chi connectivity index (χ0n) is 20.2. The highest BCUT2D eigenvalue weighted by atomic mass is 16.7. The van der Waals surface area contributed by atoms with Crippen LogP contribution in [0.3, 0.4) is 0 Å². The molecule has 0 spiro atoms. The number of ether oxygens (including phenoxy) is 2. The maximum absolute atomic E-state index is 13.4. The van der Waals surface area contributed by atoms with Gasteiger partial charge in [0.05, 0.1) is 11.7 Å². The van der Waals surface area contributed by atoms with E-state index >= 15 is 0 Å². The summed E-state index contributed by atoms with van der Waals surface area (Å²) < 4.78 is 11.0. The lowest BCUT2D eigenvalue weighted by Gasteiger charge is -2.32. The number of nitrogens with one attached hydrogen (secondary N) is 2. The molecule has 1 atom stereocenters. The highest BCUT2D eigenvalue weighted by Gasteiger charge is 2.28. The van der Waals surface area contributed by atoms with Gasteiger partial charge in [0.1, 0.15) is 0 Å². The van der Waals surface area contributed by atoms with E-state index in [9.17, 15) is 4.79 Å². The number of likely N-dealkylation sites (tertiary alicyclic amines) is 1. The molecule has 2 N–H and O–H groups in total. The van der Waals surface area contributed by atoms with Crippen LogP contribution in [0, 0.1) is 5.92 Å². The van der Waals surface area contributed by atoms with Gasteiger partial charge in [0, 0.05) is 35.8 Å². The molecule has 1 amide bonds. The van der Waals surface area contributed by atoms with Gasteiger partial charge in [-0.25, -0.2) is 0 Å². The number of para-hydroxylation sites is 1. The first kappa shape index (κ1) is 22.6. The van der Waals surface area contributed by atoms with Crippen molar-refractivity contribution in [2.45, 2.75) is 25.3 Å². The summed E-state index contributed by atoms with van der Waals surface area (Å²) in [6.45, 7) is 3.08. The van der Waals surface area contributed by atoms with Crippen LogP contribution in [0.5, 0.6) is 11.5 Å². The second-order valence-corrected chi connectivity index (χ2v) is 9.53. The van der Waals surface area contributed by atoms with E-state index in [0.29, 0.717) is 5.75 Å². The first-order valence-corrected chi connectivity index (χ1v) is 12.6. The SMILES string of the molecule is O=C(NC(c1ccc2c(c1)OCO2)c1ccccn1)C1CCN(CCc2c[nH]c3ccccc23)CC1. The van der Waals surface area contributed by atoms with E-state index in [2.05, 4.69) is 50.6 Å². The van der Waals surface area contributed by atoms with Gasteiger partial charge in [0.25, 0.3) is 0 Å². The van der Waals surface area contributed by atoms with Crippen molar-refractivity contribution in [3.8, 4) is 11.5 Å². The van der Waals surface area contributed by atoms with Gasteiger partial charge >= 0.3 is 0 Å². The predicted octanol–water partition coefficient (Wildman–Crippen LogP) is 4.45. The van der Waals surface area contributed by atoms with Crippen LogP contribution < -0.4 is 14.8 Å². The molecule has 1 saturated heterocycles. The number of H-pyrrole nitrogens is 1. The maximum atomic E-state index is 13.4. The summed E-state index contributed by atoms with van der Waals surface area (Å²) in [5.41, 5.74) is 4.28. The Kier molecular flexibility index (Phi) is 6.30. The molecule has 0 saturated carbocycles. The third kappa shape index (κ3) is 4.66. The van der Waals surface area contributed by atoms with E-state index in [-0.39, 0.29) is 24.7 Å². The first-order chi connectivity index (χ1) is 17.7. The van der Waals surface area contributed by atoms with E-state index < -0.39 is 0 Å². The summed E-state index contributed by atoms with van der Waals surface area (Å²) in [6.07, 6.45) is 6.60. The molecule has 36 heavy (non-hydrogen) atoms. The molecule has 0 aliphatic carbocycles. The molecule has 184 valence electrons. The normalized spacial score (nSPS) is 16.8. The number of piperidine rings is 1. The Balaban J connectivity index is 1.08. The molecule has 2 aliphatic rings. The minimum absolute atomic E-state index is 0.00504. The van der Waals surface area contributed by atoms with Crippen LogP contribution in [-0.4, -0.2) is 47.2 Å². The van der Waals surface area contributed by atoms with E-state index in [1.165, 1.54) is 16.5 Å². The fraction of sp³-hybridized carbons (Fsp3) is 0.310. The third-order valence-corrected chi connectivity index (χ3v) is 7.33. The van der Waals surface area contributed by atoms with Crippen molar-refractivity contribution >= 4 is 16.8 Å². The Morgan fingerprint density at radius 3 is 2.75 bits per heavy atom. The minimum Gasteiger partial charge on any atom is -0.454 e. The number of aromatic amines is 1. The van der Waals surface area contributed by atoms with Crippen molar-refractivity contribution in [2.75, 3.05) is 26.4 Å². The van der Waals surface area contributed by atoms with Gasteiger partial charge in [-0.1, -0.05) is 30.3 Å². The van der Waals surface area contributed by atoms with Crippen LogP contribution in [0.1, 0.15) is 35.7 Å². The summed E-state index contributed by atoms with van der Waals surface area (Å²) in [5, 5.41) is 4.58. The second-order valence-electron chi connectivity index (χ2n) is 9.53. The van der Waals surface area contributed by atoms with Gasteiger partial charge in [-0.3, -0.25) is 9.78 Å². The van der Waals surface area contributed by atoms with E-state index in [0.717, 1.165) is 55.9 Å². The number of aromatic nitrogens is 2. The predicted molar refractivity (Wildman–Crippen MR) is 138 cm³/mol. The zero-order valence-corrected chi connectivity index (χ0v) is 20.2. The fourth-order valence-corrected chi connectivity index (χ4v) is 5.26. The Bertz CT molecular complexity index is 1350. The molecule has 2 aliphatic heterocycles. The number of pyridine rings is 1. The molecule has 2 aromatic carbocycles. The summed E-state index contributed by atoms with van der Waals surface area (Å²) in [7, 11) is 0. The molecular weight excluding hydrogens is 452 g/mol. The van der Waals surface area contributed by atoms with Gasteiger partial charge in [-0.05, 0) is 73.8 Å². The maximum Gasteiger partial charge on any atom is 0.231 e. The number of carbonyl (C=O) groups excluding carboxylic acids is 1. The smallest absolute Gasteiger partial charge is 0.231 e. The number of nitrogens with zero attached hydrogens (tertiary/aromatic N) is 2. The van der Waals surface area contributed by atoms with Gasteiger partial charge in [-0.2, -0.15) is 0 Å². The number of fused-ring (bicyclic) bond motifs is 2. The minimum atomic E-state index is -0.340. The molecule has 4 heterocycles. The number of carbonyl (C=O) groups is 1. The lowest BCUT2D eigenvalue weighted by atomic mass is 9.94. The standard InChI is InChI=1S/C29H30N4O3/c34-29(20-10-14-33(15-11-20)16-12-22-18-31-24-6-2-1-5-23(22)24)32-28(25-7-3-4-13-30-25)21-8-9-26-27(17-21)36-19-35-26/h1-9,13,17-18,20,28,31H,10-12,14-16,19H2,(H,32,34). The number of rotatable bonds is 7. The topological polar surface area (TPSA) is 79.5 Å². The van der Waals surface area contributed by atoms with Crippen LogP contribution in [0.25, 0.3) is 10.9 Å². The van der Waals surface area contributed by atoms with Crippen LogP contribution >= 0.6 is 0 Å². The molecule has 7 heteroatoms. The lowest BCUT2D eigenvalue weighted by Crippen LogP contribution is -2.42. The van der Waals surface area contributed by atoms with Crippen LogP contribution in [0.2, 0.25) is 0 Å². The molecule has 1 fully saturated rings. The van der Waals surface area contributed by atoms with Gasteiger partial charge in [0.15, 0.2) is 11.5 Å². The quantitative estimate of drug-likeness (QED) is 0.407. The van der Waals surface area contributed by atoms with Gasteiger partial charge in [0.2, 0.25) is 12.7 Å². The van der Waals surface area contributed by atoms with Crippen molar-refractivity contribution in [1.29, 1.82) is 0 Å². The van der Waals surface area contributed by atoms with Crippen LogP contribution in [-0.2, 0) is 11.2 Å². The lowest BCUT2D eigenvalue weighted by molar-refractivity contribution is -0.127. The number of benzene rings is 2. The van der Waals surface area contributed by atoms with Crippen LogP contribution in [0.15, 0.2) is 73.1 Å². The van der Waals surface area contributed by atoms with Gasteiger partial charge in [-0.15, -0.1) is 0 Å². The molecule has 7 nitrogen and oxygen atoms in total. The fourth-order valence-electron chi connectivity index (χ4n) is 5.26. The number of amides is 1. The second kappa shape index (κ2) is 10.0. The summed E-state index contributed by atoms with van der Waals surface area (Å²) >= 11 is 0. The van der Waals surface area contributed by atoms with Crippen molar-refractivity contribution in [2.24, 2.45) is 5.92 Å². The van der Waals surface area contributed by atoms with E-state index in [4.69, 9.17) is 9.47 Å². The summed E-state index contributed by atoms with van der Waals surface area (Å²) in [4.78, 5) is 23.7. The number of hydrogen-bond donors (Lipinski definition) is 2. The molecule has 1 unspecified atom stereocenters. The van der Waals surface area contributed by atoms with Crippen molar-refractivity contribution in [3.63, 3.8) is 0 Å². The Morgan fingerprint density at radius 2 is 1.89 bits per heavy atom. The molecule has 0 radical (unpaired) electrons. The average Bonchev–Trinajstić information content (AvgIpc) is 3.58. The van der Waals surface area contributed by atoms with E-state index in [1.54, 1.807) is 6.20 Å². The largest absolute Gasteiger partial charge is 0.454 e. The average molecular weight is 483 g/mol. The zero-order chi connectivity index (χ0) is 24.3. The molecule has 0 bridgehead atoms. The van der Waals surface area contributed by atoms with Gasteiger partial charge < -0.3 is 24.7 Å². The molecular formula is C29H30N4O3. The molecule has 4 aromatic rings. The molecule has 2 aromatic heterocycles. The Labute approximate surface area is 210 Å². The number of hydrogen-bond acceptors (Lipinski definition) is 5. The summed E-state index contributed by atoms with van der Waals surface area (Å²) in [6, 6.07) is 19.7. The van der Waals surface area contributed by atoms with Crippen molar-refractivity contribution < 1.29 is 14.3 Å². The Morgan fingerprint density at radius 1 is 1.06 bits per heavy atom. The van der Waals surface area contributed by atoms with Crippen molar-refractivity contribution in [3.05, 3.63) is 89.9 Å². The Hall–Kier alpha value is -3.84. The summed E-state index contributed by atoms with van der Waals surface area (Å²) in [5.74, 6) is 1.50. The molecule has 6 rings (SSSR count). The highest BCUT2D eigenvalue weighted by molar-refractivity contribution is 5.83. The first-order valence-electron chi connectivity index (χ1n) is 12.6. The van der Waals surface area contributed by atoms with E-state index in [1.807, 2.05) is 36.4 Å². The van der Waals surface area contributed by atoms with Crippen molar-refractivity contribution in [1.82, 2.24) is 20.2 Å². The third-order valence-electron chi connectivity index (χ3n) is 7.33. The highest BCUT2D eigenvalue weighted by Crippen LogP contribution is 2.35.